The molecule has 0 N–H and O–H groups in total. The van der Waals surface area contributed by atoms with Crippen LogP contribution in [0.1, 0.15) is 6.92 Å². The fourth-order valence-corrected chi connectivity index (χ4v) is 6.08. The van der Waals surface area contributed by atoms with E-state index in [1.807, 2.05) is 25.1 Å². The van der Waals surface area contributed by atoms with Gasteiger partial charge in [0.25, 0.3) is 0 Å². The summed E-state index contributed by atoms with van der Waals surface area (Å²) >= 11 is 15.9. The second-order valence-corrected chi connectivity index (χ2v) is 9.51. The van der Waals surface area contributed by atoms with Crippen molar-refractivity contribution in [2.24, 2.45) is 0 Å². The number of para-hydroxylation sites is 1. The standard InChI is InChI=1S/C20H18Cl2N4OS2/c1-2-27-14-4-3-5-15-17(14)24-19(28-15)25-8-10-26(11-9-25)20-23-16-12(21)6-7-13(22)18(16)29-20/h3-7H,2,8-11H2,1H3. The van der Waals surface area contributed by atoms with E-state index in [4.69, 9.17) is 37.9 Å². The highest BCUT2D eigenvalue weighted by Crippen LogP contribution is 2.38. The van der Waals surface area contributed by atoms with Crippen LogP contribution in [0.4, 0.5) is 10.3 Å². The molecular formula is C20H18Cl2N4OS2. The number of halogens is 2. The van der Waals surface area contributed by atoms with E-state index in [0.717, 1.165) is 62.6 Å². The minimum absolute atomic E-state index is 0.640. The van der Waals surface area contributed by atoms with Crippen molar-refractivity contribution in [2.45, 2.75) is 6.92 Å². The van der Waals surface area contributed by atoms with Crippen molar-refractivity contribution in [1.29, 1.82) is 0 Å². The van der Waals surface area contributed by atoms with E-state index in [9.17, 15) is 0 Å². The predicted octanol–water partition coefficient (Wildman–Crippen LogP) is 5.94. The quantitative estimate of drug-likeness (QED) is 0.373. The lowest BCUT2D eigenvalue weighted by molar-refractivity contribution is 0.344. The summed E-state index contributed by atoms with van der Waals surface area (Å²) in [4.78, 5) is 14.2. The summed E-state index contributed by atoms with van der Waals surface area (Å²) < 4.78 is 7.84. The normalized spacial score (nSPS) is 14.9. The number of nitrogens with zero attached hydrogens (tertiary/aromatic N) is 4. The van der Waals surface area contributed by atoms with Gasteiger partial charge in [-0.3, -0.25) is 0 Å². The summed E-state index contributed by atoms with van der Waals surface area (Å²) in [6.07, 6.45) is 0. The Morgan fingerprint density at radius 2 is 1.55 bits per heavy atom. The molecule has 5 rings (SSSR count). The highest BCUT2D eigenvalue weighted by Gasteiger charge is 2.23. The summed E-state index contributed by atoms with van der Waals surface area (Å²) in [5, 5.41) is 3.36. The van der Waals surface area contributed by atoms with Gasteiger partial charge in [0.15, 0.2) is 10.3 Å². The van der Waals surface area contributed by atoms with Crippen molar-refractivity contribution in [3.63, 3.8) is 0 Å². The smallest absolute Gasteiger partial charge is 0.186 e. The van der Waals surface area contributed by atoms with Crippen molar-refractivity contribution < 1.29 is 4.74 Å². The van der Waals surface area contributed by atoms with Gasteiger partial charge in [0.1, 0.15) is 16.8 Å². The van der Waals surface area contributed by atoms with E-state index in [2.05, 4.69) is 15.9 Å². The van der Waals surface area contributed by atoms with E-state index in [1.165, 1.54) is 0 Å². The molecular weight excluding hydrogens is 447 g/mol. The van der Waals surface area contributed by atoms with Crippen molar-refractivity contribution in [3.8, 4) is 5.75 Å². The molecule has 0 bridgehead atoms. The van der Waals surface area contributed by atoms with Crippen molar-refractivity contribution in [2.75, 3.05) is 42.6 Å². The number of hydrogen-bond donors (Lipinski definition) is 0. The summed E-state index contributed by atoms with van der Waals surface area (Å²) in [5.74, 6) is 0.856. The van der Waals surface area contributed by atoms with Gasteiger partial charge in [0, 0.05) is 26.2 Å². The zero-order valence-corrected chi connectivity index (χ0v) is 18.8. The second kappa shape index (κ2) is 7.80. The SMILES string of the molecule is CCOc1cccc2sc(N3CCN(c4nc5c(Cl)ccc(Cl)c5s4)CC3)nc12. The van der Waals surface area contributed by atoms with Crippen molar-refractivity contribution in [1.82, 2.24) is 9.97 Å². The van der Waals surface area contributed by atoms with Crippen LogP contribution in [-0.2, 0) is 0 Å². The number of rotatable bonds is 4. The molecule has 0 unspecified atom stereocenters. The lowest BCUT2D eigenvalue weighted by Crippen LogP contribution is -2.46. The number of benzene rings is 2. The van der Waals surface area contributed by atoms with E-state index in [1.54, 1.807) is 28.7 Å². The largest absolute Gasteiger partial charge is 0.492 e. The summed E-state index contributed by atoms with van der Waals surface area (Å²) in [7, 11) is 0. The van der Waals surface area contributed by atoms with Gasteiger partial charge in [-0.1, -0.05) is 51.9 Å². The molecule has 0 spiro atoms. The van der Waals surface area contributed by atoms with Gasteiger partial charge in [-0.25, -0.2) is 9.97 Å². The molecule has 9 heteroatoms. The molecule has 2 aromatic heterocycles. The second-order valence-electron chi connectivity index (χ2n) is 6.71. The molecule has 29 heavy (non-hydrogen) atoms. The highest BCUT2D eigenvalue weighted by molar-refractivity contribution is 7.23. The summed E-state index contributed by atoms with van der Waals surface area (Å²) in [6.45, 7) is 6.17. The third kappa shape index (κ3) is 3.50. The Kier molecular flexibility index (Phi) is 5.16. The Hall–Kier alpha value is -1.80. The lowest BCUT2D eigenvalue weighted by atomic mass is 10.3. The molecule has 1 aliphatic rings. The highest BCUT2D eigenvalue weighted by atomic mass is 35.5. The number of anilines is 2. The number of thiazole rings is 2. The maximum absolute atomic E-state index is 6.33. The third-order valence-electron chi connectivity index (χ3n) is 4.93. The average Bonchev–Trinajstić information content (AvgIpc) is 3.37. The number of piperazine rings is 1. The molecule has 0 atom stereocenters. The van der Waals surface area contributed by atoms with Crippen LogP contribution in [0.25, 0.3) is 20.4 Å². The van der Waals surface area contributed by atoms with Crippen LogP contribution in [-0.4, -0.2) is 42.8 Å². The van der Waals surface area contributed by atoms with Gasteiger partial charge in [0.05, 0.1) is 26.1 Å². The summed E-state index contributed by atoms with van der Waals surface area (Å²) in [6, 6.07) is 9.74. The Bertz CT molecular complexity index is 1150. The first-order chi connectivity index (χ1) is 14.1. The van der Waals surface area contributed by atoms with E-state index >= 15 is 0 Å². The number of ether oxygens (including phenoxy) is 1. The molecule has 2 aromatic carbocycles. The molecule has 4 aromatic rings. The molecule has 0 radical (unpaired) electrons. The molecule has 1 aliphatic heterocycles. The van der Waals surface area contributed by atoms with Crippen molar-refractivity contribution in [3.05, 3.63) is 40.4 Å². The van der Waals surface area contributed by atoms with Gasteiger partial charge < -0.3 is 14.5 Å². The van der Waals surface area contributed by atoms with Gasteiger partial charge in [0.2, 0.25) is 0 Å². The molecule has 150 valence electrons. The molecule has 1 saturated heterocycles. The van der Waals surface area contributed by atoms with Crippen molar-refractivity contribution >= 4 is 76.6 Å². The minimum Gasteiger partial charge on any atom is -0.492 e. The molecule has 0 saturated carbocycles. The predicted molar refractivity (Wildman–Crippen MR) is 125 cm³/mol. The van der Waals surface area contributed by atoms with Gasteiger partial charge in [-0.15, -0.1) is 0 Å². The third-order valence-corrected chi connectivity index (χ3v) is 7.89. The van der Waals surface area contributed by atoms with E-state index < -0.39 is 0 Å². The molecule has 3 heterocycles. The van der Waals surface area contributed by atoms with Gasteiger partial charge >= 0.3 is 0 Å². The van der Waals surface area contributed by atoms with Crippen LogP contribution in [0.2, 0.25) is 10.0 Å². The van der Waals surface area contributed by atoms with Crippen LogP contribution in [0.15, 0.2) is 30.3 Å². The Morgan fingerprint density at radius 1 is 0.897 bits per heavy atom. The number of fused-ring (bicyclic) bond motifs is 2. The number of aromatic nitrogens is 2. The molecule has 0 aliphatic carbocycles. The Morgan fingerprint density at radius 3 is 2.24 bits per heavy atom. The first-order valence-electron chi connectivity index (χ1n) is 9.41. The Labute approximate surface area is 186 Å². The van der Waals surface area contributed by atoms with Gasteiger partial charge in [-0.05, 0) is 31.2 Å². The molecule has 5 nitrogen and oxygen atoms in total. The van der Waals surface area contributed by atoms with E-state index in [0.29, 0.717) is 16.7 Å². The first kappa shape index (κ1) is 19.2. The Balaban J connectivity index is 1.35. The zero-order valence-electron chi connectivity index (χ0n) is 15.7. The van der Waals surface area contributed by atoms with Crippen LogP contribution < -0.4 is 14.5 Å². The van der Waals surface area contributed by atoms with Crippen LogP contribution in [0.5, 0.6) is 5.75 Å². The average molecular weight is 465 g/mol. The van der Waals surface area contributed by atoms with Gasteiger partial charge in [-0.2, -0.15) is 0 Å². The molecule has 0 amide bonds. The monoisotopic (exact) mass is 464 g/mol. The molecule has 1 fully saturated rings. The maximum Gasteiger partial charge on any atom is 0.186 e. The first-order valence-corrected chi connectivity index (χ1v) is 11.8. The van der Waals surface area contributed by atoms with Crippen LogP contribution in [0, 0.1) is 0 Å². The lowest BCUT2D eigenvalue weighted by Gasteiger charge is -2.34. The maximum atomic E-state index is 6.33. The summed E-state index contributed by atoms with van der Waals surface area (Å²) in [5.41, 5.74) is 1.74. The fourth-order valence-electron chi connectivity index (χ4n) is 3.48. The van der Waals surface area contributed by atoms with E-state index in [-0.39, 0.29) is 0 Å². The van der Waals surface area contributed by atoms with Crippen LogP contribution in [0.3, 0.4) is 0 Å². The topological polar surface area (TPSA) is 41.5 Å². The minimum atomic E-state index is 0.640. The zero-order chi connectivity index (χ0) is 20.0. The fraction of sp³-hybridized carbons (Fsp3) is 0.300. The van der Waals surface area contributed by atoms with Crippen LogP contribution >= 0.6 is 45.9 Å². The number of hydrogen-bond acceptors (Lipinski definition) is 7.